The van der Waals surface area contributed by atoms with Gasteiger partial charge in [-0.2, -0.15) is 0 Å². The quantitative estimate of drug-likeness (QED) is 0.689. The first-order valence-corrected chi connectivity index (χ1v) is 11.6. The minimum absolute atomic E-state index is 0.204. The maximum absolute atomic E-state index is 12.4. The molecule has 0 radical (unpaired) electrons. The monoisotopic (exact) mass is 341 g/mol. The molecule has 1 heterocycles. The molecule has 1 aliphatic rings. The smallest absolute Gasteiger partial charge is 0.246 e. The summed E-state index contributed by atoms with van der Waals surface area (Å²) in [5, 5.41) is 3.93. The van der Waals surface area contributed by atoms with E-state index in [9.17, 15) is 9.59 Å². The number of hydrogen-bond donors (Lipinski definition) is 1. The predicted octanol–water partition coefficient (Wildman–Crippen LogP) is 2.57. The van der Waals surface area contributed by atoms with Gasteiger partial charge in [0.1, 0.15) is 0 Å². The van der Waals surface area contributed by atoms with Crippen molar-refractivity contribution in [3.8, 4) is 0 Å². The Hall–Kier alpha value is -2.34. The summed E-state index contributed by atoms with van der Waals surface area (Å²) in [4.78, 5) is 24.2. The van der Waals surface area contributed by atoms with E-state index >= 15 is 0 Å². The van der Waals surface area contributed by atoms with E-state index in [-0.39, 0.29) is 23.3 Å². The molecule has 1 aromatic carbocycles. The van der Waals surface area contributed by atoms with Crippen molar-refractivity contribution in [2.24, 2.45) is 7.05 Å². The van der Waals surface area contributed by atoms with E-state index in [1.807, 2.05) is 24.3 Å². The Labute approximate surface area is 141 Å². The van der Waals surface area contributed by atoms with Crippen LogP contribution in [0.2, 0.25) is 19.6 Å². The first-order valence-electron chi connectivity index (χ1n) is 8.12. The van der Waals surface area contributed by atoms with Crippen molar-refractivity contribution in [3.63, 3.8) is 0 Å². The van der Waals surface area contributed by atoms with Crippen molar-refractivity contribution in [3.05, 3.63) is 80.3 Å². The number of aromatic nitrogens is 3. The standard InChI is InChI=1S/C18H23N3O2Si/c1-20-17(22)19-21(18(20)23)15-11-10-14(12-16(15)24(2,3)4)13-8-6-5-7-9-13/h5-12,14-15H,1-4H3,(H,19,22)/t14-,15+/m0/s1. The van der Waals surface area contributed by atoms with Crippen molar-refractivity contribution >= 4 is 8.07 Å². The van der Waals surface area contributed by atoms with Crippen LogP contribution in [0.25, 0.3) is 0 Å². The number of nitrogens with one attached hydrogen (secondary N) is 1. The van der Waals surface area contributed by atoms with Gasteiger partial charge in [-0.1, -0.05) is 73.4 Å². The van der Waals surface area contributed by atoms with Crippen LogP contribution in [0.1, 0.15) is 17.5 Å². The zero-order valence-electron chi connectivity index (χ0n) is 14.5. The van der Waals surface area contributed by atoms with Crippen LogP contribution in [0, 0.1) is 0 Å². The highest BCUT2D eigenvalue weighted by atomic mass is 28.3. The molecule has 0 aliphatic heterocycles. The second kappa shape index (κ2) is 5.94. The van der Waals surface area contributed by atoms with Crippen molar-refractivity contribution in [1.29, 1.82) is 0 Å². The van der Waals surface area contributed by atoms with Crippen LogP contribution in [0.15, 0.2) is 63.3 Å². The number of hydrogen-bond acceptors (Lipinski definition) is 2. The lowest BCUT2D eigenvalue weighted by Crippen LogP contribution is -2.36. The molecular weight excluding hydrogens is 318 g/mol. The molecule has 0 bridgehead atoms. The average Bonchev–Trinajstić information content (AvgIpc) is 2.82. The number of nitrogens with zero attached hydrogens (tertiary/aromatic N) is 2. The molecule has 1 N–H and O–H groups in total. The Balaban J connectivity index is 2.09. The molecule has 2 aromatic rings. The molecule has 2 atom stereocenters. The van der Waals surface area contributed by atoms with Crippen LogP contribution in [0.4, 0.5) is 0 Å². The lowest BCUT2D eigenvalue weighted by atomic mass is 9.93. The number of rotatable bonds is 3. The fourth-order valence-electron chi connectivity index (χ4n) is 3.14. The predicted molar refractivity (Wildman–Crippen MR) is 99.1 cm³/mol. The average molecular weight is 341 g/mol. The number of aromatic amines is 1. The molecule has 0 saturated heterocycles. The number of allylic oxidation sites excluding steroid dienone is 4. The van der Waals surface area contributed by atoms with Gasteiger partial charge in [-0.25, -0.2) is 23.9 Å². The summed E-state index contributed by atoms with van der Waals surface area (Å²) in [5.74, 6) is 0.204. The van der Waals surface area contributed by atoms with E-state index in [0.717, 1.165) is 4.57 Å². The maximum atomic E-state index is 12.4. The molecule has 1 aliphatic carbocycles. The highest BCUT2D eigenvalue weighted by Crippen LogP contribution is 2.35. The van der Waals surface area contributed by atoms with Crippen molar-refractivity contribution in [1.82, 2.24) is 14.3 Å². The molecule has 0 spiro atoms. The first-order chi connectivity index (χ1) is 11.3. The Morgan fingerprint density at radius 2 is 1.71 bits per heavy atom. The topological polar surface area (TPSA) is 59.8 Å². The Morgan fingerprint density at radius 3 is 2.25 bits per heavy atom. The largest absolute Gasteiger partial charge is 0.347 e. The third kappa shape index (κ3) is 2.89. The van der Waals surface area contributed by atoms with Gasteiger partial charge in [0, 0.05) is 13.0 Å². The highest BCUT2D eigenvalue weighted by Gasteiger charge is 2.31. The molecule has 126 valence electrons. The van der Waals surface area contributed by atoms with E-state index in [0.29, 0.717) is 0 Å². The Morgan fingerprint density at radius 1 is 1.04 bits per heavy atom. The molecule has 6 heteroatoms. The van der Waals surface area contributed by atoms with Gasteiger partial charge in [0.15, 0.2) is 0 Å². The molecule has 24 heavy (non-hydrogen) atoms. The Bertz CT molecular complexity index is 910. The minimum atomic E-state index is -1.69. The molecule has 3 rings (SSSR count). The van der Waals surface area contributed by atoms with Gasteiger partial charge in [0.05, 0.1) is 14.1 Å². The molecular formula is C18H23N3O2Si. The zero-order chi connectivity index (χ0) is 17.5. The zero-order valence-corrected chi connectivity index (χ0v) is 15.5. The number of H-pyrrole nitrogens is 1. The van der Waals surface area contributed by atoms with Gasteiger partial charge in [0.25, 0.3) is 0 Å². The second-order valence-corrected chi connectivity index (χ2v) is 12.3. The molecule has 0 amide bonds. The van der Waals surface area contributed by atoms with Crippen LogP contribution < -0.4 is 11.4 Å². The lowest BCUT2D eigenvalue weighted by molar-refractivity contribution is 0.574. The van der Waals surface area contributed by atoms with Gasteiger partial charge in [0.2, 0.25) is 0 Å². The van der Waals surface area contributed by atoms with Gasteiger partial charge in [-0.05, 0) is 5.56 Å². The molecule has 0 unspecified atom stereocenters. The fraction of sp³-hybridized carbons (Fsp3) is 0.333. The van der Waals surface area contributed by atoms with E-state index in [4.69, 9.17) is 0 Å². The van der Waals surface area contributed by atoms with E-state index in [2.05, 4.69) is 49.0 Å². The third-order valence-corrected chi connectivity index (χ3v) is 6.72. The van der Waals surface area contributed by atoms with Crippen LogP contribution in [-0.4, -0.2) is 22.4 Å². The SMILES string of the molecule is Cn1c(=O)[nH]n([C@@H]2C=C[C@H](c3ccccc3)C=C2[Si](C)(C)C)c1=O. The van der Waals surface area contributed by atoms with Crippen LogP contribution in [0.5, 0.6) is 0 Å². The third-order valence-electron chi connectivity index (χ3n) is 4.52. The summed E-state index contributed by atoms with van der Waals surface area (Å²) in [6.45, 7) is 6.79. The van der Waals surface area contributed by atoms with E-state index < -0.39 is 8.07 Å². The first kappa shape index (κ1) is 16.5. The molecule has 1 aromatic heterocycles. The normalized spacial score (nSPS) is 20.9. The van der Waals surface area contributed by atoms with Gasteiger partial charge in [-0.15, -0.1) is 0 Å². The van der Waals surface area contributed by atoms with E-state index in [1.165, 1.54) is 22.5 Å². The summed E-state index contributed by atoms with van der Waals surface area (Å²) < 4.78 is 2.56. The Kier molecular flexibility index (Phi) is 4.09. The van der Waals surface area contributed by atoms with Gasteiger partial charge >= 0.3 is 11.4 Å². The fourth-order valence-corrected chi connectivity index (χ4v) is 4.93. The summed E-state index contributed by atoms with van der Waals surface area (Å²) in [5.41, 5.74) is 0.544. The second-order valence-electron chi connectivity index (χ2n) is 7.27. The summed E-state index contributed by atoms with van der Waals surface area (Å²) in [7, 11) is -0.194. The summed E-state index contributed by atoms with van der Waals surface area (Å²) in [6.07, 6.45) is 6.42. The van der Waals surface area contributed by atoms with Gasteiger partial charge in [-0.3, -0.25) is 0 Å². The van der Waals surface area contributed by atoms with Crippen molar-refractivity contribution in [2.45, 2.75) is 31.6 Å². The lowest BCUT2D eigenvalue weighted by Gasteiger charge is -2.31. The number of benzene rings is 1. The summed E-state index contributed by atoms with van der Waals surface area (Å²) >= 11 is 0. The molecule has 0 saturated carbocycles. The van der Waals surface area contributed by atoms with Crippen LogP contribution >= 0.6 is 0 Å². The van der Waals surface area contributed by atoms with Crippen LogP contribution in [0.3, 0.4) is 0 Å². The summed E-state index contributed by atoms with van der Waals surface area (Å²) in [6, 6.07) is 10.1. The van der Waals surface area contributed by atoms with Crippen molar-refractivity contribution in [2.75, 3.05) is 0 Å². The highest BCUT2D eigenvalue weighted by molar-refractivity contribution is 6.83. The molecule has 5 nitrogen and oxygen atoms in total. The van der Waals surface area contributed by atoms with E-state index in [1.54, 1.807) is 0 Å². The van der Waals surface area contributed by atoms with Crippen LogP contribution in [-0.2, 0) is 7.05 Å². The molecule has 0 fully saturated rings. The van der Waals surface area contributed by atoms with Gasteiger partial charge < -0.3 is 0 Å². The van der Waals surface area contributed by atoms with Crippen molar-refractivity contribution < 1.29 is 0 Å². The maximum Gasteiger partial charge on any atom is 0.347 e. The minimum Gasteiger partial charge on any atom is -0.246 e.